The average Bonchev–Trinajstić information content (AvgIpc) is 2.62. The van der Waals surface area contributed by atoms with E-state index in [1.807, 2.05) is 0 Å². The highest BCUT2D eigenvalue weighted by atomic mass is 35.5. The number of aryl methyl sites for hydroxylation is 2. The van der Waals surface area contributed by atoms with Gasteiger partial charge < -0.3 is 9.84 Å². The maximum absolute atomic E-state index is 13.8. The summed E-state index contributed by atoms with van der Waals surface area (Å²) < 4.78 is 20.9. The zero-order valence-electron chi connectivity index (χ0n) is 11.5. The monoisotopic (exact) mass is 298 g/mol. The molecule has 108 valence electrons. The fourth-order valence-corrected chi connectivity index (χ4v) is 2.09. The van der Waals surface area contributed by atoms with Crippen LogP contribution >= 0.6 is 11.6 Å². The molecule has 0 aliphatic heterocycles. The zero-order valence-corrected chi connectivity index (χ0v) is 12.3. The molecule has 0 amide bonds. The first-order valence-electron chi connectivity index (χ1n) is 6.18. The highest BCUT2D eigenvalue weighted by molar-refractivity contribution is 6.31. The molecular weight excluding hydrogens is 283 g/mol. The number of nitrogens with zero attached hydrogens (tertiary/aromatic N) is 2. The Morgan fingerprint density at radius 1 is 1.50 bits per heavy atom. The van der Waals surface area contributed by atoms with E-state index in [9.17, 15) is 9.50 Å². The Morgan fingerprint density at radius 2 is 2.20 bits per heavy atom. The number of ether oxygens (including phenoxy) is 1. The quantitative estimate of drug-likeness (QED) is 0.943. The number of hydrogen-bond donors (Lipinski definition) is 1. The molecule has 0 aliphatic rings. The third-order valence-electron chi connectivity index (χ3n) is 3.06. The van der Waals surface area contributed by atoms with Gasteiger partial charge in [0, 0.05) is 7.05 Å². The first-order valence-corrected chi connectivity index (χ1v) is 6.56. The van der Waals surface area contributed by atoms with Crippen LogP contribution in [0, 0.1) is 12.7 Å². The van der Waals surface area contributed by atoms with Crippen LogP contribution in [0.2, 0.25) is 5.02 Å². The molecule has 0 saturated carbocycles. The van der Waals surface area contributed by atoms with Gasteiger partial charge in [0.15, 0.2) is 11.6 Å². The standard InChI is InChI=1S/C14H16ClFN2O2/c1-8-14(15)12(18(3)17-8)7-20-13-5-4-10(9(2)19)6-11(13)16/h4-6,9,19H,7H2,1-3H3. The first kappa shape index (κ1) is 14.8. The SMILES string of the molecule is Cc1nn(C)c(COc2ccc(C(C)O)cc2F)c1Cl. The molecule has 1 heterocycles. The molecule has 0 bridgehead atoms. The lowest BCUT2D eigenvalue weighted by atomic mass is 10.1. The van der Waals surface area contributed by atoms with Crippen LogP contribution in [-0.4, -0.2) is 14.9 Å². The Kier molecular flexibility index (Phi) is 4.30. The predicted molar refractivity (Wildman–Crippen MR) is 74.3 cm³/mol. The summed E-state index contributed by atoms with van der Waals surface area (Å²) in [6.45, 7) is 3.50. The minimum atomic E-state index is -0.715. The molecule has 1 N–H and O–H groups in total. The molecular formula is C14H16ClFN2O2. The third-order valence-corrected chi connectivity index (χ3v) is 3.56. The van der Waals surface area contributed by atoms with E-state index in [4.69, 9.17) is 16.3 Å². The molecule has 1 unspecified atom stereocenters. The molecule has 0 saturated heterocycles. The van der Waals surface area contributed by atoms with Crippen molar-refractivity contribution in [1.82, 2.24) is 9.78 Å². The summed E-state index contributed by atoms with van der Waals surface area (Å²) in [5, 5.41) is 14.1. The van der Waals surface area contributed by atoms with Crippen molar-refractivity contribution in [3.8, 4) is 5.75 Å². The second-order valence-electron chi connectivity index (χ2n) is 4.62. The molecule has 1 aromatic heterocycles. The number of aromatic nitrogens is 2. The van der Waals surface area contributed by atoms with E-state index in [2.05, 4.69) is 5.10 Å². The van der Waals surface area contributed by atoms with E-state index in [0.717, 1.165) is 0 Å². The molecule has 4 nitrogen and oxygen atoms in total. The Hall–Kier alpha value is -1.59. The molecule has 20 heavy (non-hydrogen) atoms. The van der Waals surface area contributed by atoms with Gasteiger partial charge in [-0.3, -0.25) is 4.68 Å². The summed E-state index contributed by atoms with van der Waals surface area (Å²) in [5.74, 6) is -0.400. The van der Waals surface area contributed by atoms with Crippen LogP contribution in [0.4, 0.5) is 4.39 Å². The molecule has 0 fully saturated rings. The molecule has 1 atom stereocenters. The second kappa shape index (κ2) is 5.81. The van der Waals surface area contributed by atoms with E-state index in [1.165, 1.54) is 12.1 Å². The summed E-state index contributed by atoms with van der Waals surface area (Å²) in [6.07, 6.45) is -0.715. The van der Waals surface area contributed by atoms with Gasteiger partial charge in [-0.25, -0.2) is 4.39 Å². The fraction of sp³-hybridized carbons (Fsp3) is 0.357. The largest absolute Gasteiger partial charge is 0.484 e. The van der Waals surface area contributed by atoms with Crippen LogP contribution in [0.1, 0.15) is 30.0 Å². The summed E-state index contributed by atoms with van der Waals surface area (Å²) >= 11 is 6.10. The van der Waals surface area contributed by atoms with Crippen LogP contribution < -0.4 is 4.74 Å². The predicted octanol–water partition coefficient (Wildman–Crippen LogP) is 3.15. The van der Waals surface area contributed by atoms with Gasteiger partial charge in [0.2, 0.25) is 0 Å². The minimum absolute atomic E-state index is 0.115. The van der Waals surface area contributed by atoms with E-state index >= 15 is 0 Å². The molecule has 6 heteroatoms. The Balaban J connectivity index is 2.15. The maximum atomic E-state index is 13.8. The van der Waals surface area contributed by atoms with Crippen LogP contribution in [0.15, 0.2) is 18.2 Å². The van der Waals surface area contributed by atoms with Crippen molar-refractivity contribution in [3.05, 3.63) is 46.0 Å². The van der Waals surface area contributed by atoms with E-state index in [1.54, 1.807) is 31.6 Å². The fourth-order valence-electron chi connectivity index (χ4n) is 1.88. The Bertz CT molecular complexity index is 626. The van der Waals surface area contributed by atoms with Gasteiger partial charge in [-0.05, 0) is 31.5 Å². The molecule has 0 spiro atoms. The molecule has 0 radical (unpaired) electrons. The normalized spacial score (nSPS) is 12.5. The lowest BCUT2D eigenvalue weighted by Gasteiger charge is -2.10. The van der Waals surface area contributed by atoms with Crippen LogP contribution in [0.5, 0.6) is 5.75 Å². The first-order chi connectivity index (χ1) is 9.40. The average molecular weight is 299 g/mol. The van der Waals surface area contributed by atoms with Crippen molar-refractivity contribution in [3.63, 3.8) is 0 Å². The number of aliphatic hydroxyl groups is 1. The summed E-state index contributed by atoms with van der Waals surface area (Å²) in [6, 6.07) is 4.38. The van der Waals surface area contributed by atoms with Crippen LogP contribution in [-0.2, 0) is 13.7 Å². The van der Waals surface area contributed by atoms with Gasteiger partial charge in [-0.15, -0.1) is 0 Å². The van der Waals surface area contributed by atoms with Gasteiger partial charge in [-0.2, -0.15) is 5.10 Å². The molecule has 0 aliphatic carbocycles. The van der Waals surface area contributed by atoms with Crippen molar-refractivity contribution >= 4 is 11.6 Å². The number of halogens is 2. The van der Waals surface area contributed by atoms with E-state index in [-0.39, 0.29) is 12.4 Å². The van der Waals surface area contributed by atoms with Crippen molar-refractivity contribution in [2.45, 2.75) is 26.6 Å². The summed E-state index contributed by atoms with van der Waals surface area (Å²) in [5.41, 5.74) is 1.89. The van der Waals surface area contributed by atoms with Gasteiger partial charge in [0.05, 0.1) is 22.5 Å². The van der Waals surface area contributed by atoms with Gasteiger partial charge in [-0.1, -0.05) is 17.7 Å². The highest BCUT2D eigenvalue weighted by Crippen LogP contribution is 2.25. The topological polar surface area (TPSA) is 47.3 Å². The third kappa shape index (κ3) is 2.94. The van der Waals surface area contributed by atoms with Crippen LogP contribution in [0.25, 0.3) is 0 Å². The Labute approximate surface area is 121 Å². The number of rotatable bonds is 4. The van der Waals surface area contributed by atoms with Crippen molar-refractivity contribution in [2.24, 2.45) is 7.05 Å². The van der Waals surface area contributed by atoms with Crippen molar-refractivity contribution in [2.75, 3.05) is 0 Å². The van der Waals surface area contributed by atoms with Gasteiger partial charge in [0.1, 0.15) is 6.61 Å². The van der Waals surface area contributed by atoms with Gasteiger partial charge in [0.25, 0.3) is 0 Å². The molecule has 1 aromatic carbocycles. The van der Waals surface area contributed by atoms with Crippen molar-refractivity contribution in [1.29, 1.82) is 0 Å². The second-order valence-corrected chi connectivity index (χ2v) is 5.00. The lowest BCUT2D eigenvalue weighted by molar-refractivity contribution is 0.198. The smallest absolute Gasteiger partial charge is 0.165 e. The van der Waals surface area contributed by atoms with Crippen LogP contribution in [0.3, 0.4) is 0 Å². The minimum Gasteiger partial charge on any atom is -0.484 e. The van der Waals surface area contributed by atoms with Gasteiger partial charge >= 0.3 is 0 Å². The number of hydrogen-bond acceptors (Lipinski definition) is 3. The van der Waals surface area contributed by atoms with E-state index in [0.29, 0.717) is 22.0 Å². The maximum Gasteiger partial charge on any atom is 0.165 e. The number of aliphatic hydroxyl groups excluding tert-OH is 1. The lowest BCUT2D eigenvalue weighted by Crippen LogP contribution is -2.05. The molecule has 2 aromatic rings. The summed E-state index contributed by atoms with van der Waals surface area (Å²) in [4.78, 5) is 0. The van der Waals surface area contributed by atoms with Crippen molar-refractivity contribution < 1.29 is 14.2 Å². The highest BCUT2D eigenvalue weighted by Gasteiger charge is 2.13. The number of benzene rings is 1. The zero-order chi connectivity index (χ0) is 14.9. The van der Waals surface area contributed by atoms with E-state index < -0.39 is 11.9 Å². The molecule has 2 rings (SSSR count). The Morgan fingerprint density at radius 3 is 2.70 bits per heavy atom. The summed E-state index contributed by atoms with van der Waals surface area (Å²) in [7, 11) is 1.75.